The van der Waals surface area contributed by atoms with E-state index in [1.165, 1.54) is 12.8 Å². The summed E-state index contributed by atoms with van der Waals surface area (Å²) in [4.78, 5) is 4.31. The number of aromatic nitrogens is 1. The zero-order valence-corrected chi connectivity index (χ0v) is 11.2. The molecule has 4 nitrogen and oxygen atoms in total. The highest BCUT2D eigenvalue weighted by Gasteiger charge is 2.21. The van der Waals surface area contributed by atoms with Crippen LogP contribution in [0.3, 0.4) is 0 Å². The van der Waals surface area contributed by atoms with Crippen molar-refractivity contribution in [3.63, 3.8) is 0 Å². The number of pyridine rings is 1. The van der Waals surface area contributed by atoms with Crippen molar-refractivity contribution in [1.82, 2.24) is 10.3 Å². The predicted octanol–water partition coefficient (Wildman–Crippen LogP) is 2.14. The van der Waals surface area contributed by atoms with E-state index in [9.17, 15) is 0 Å². The van der Waals surface area contributed by atoms with Gasteiger partial charge in [0.25, 0.3) is 0 Å². The molecule has 0 aliphatic heterocycles. The van der Waals surface area contributed by atoms with Crippen LogP contribution in [0.2, 0.25) is 0 Å². The Balaban J connectivity index is 1.88. The van der Waals surface area contributed by atoms with Crippen molar-refractivity contribution in [3.05, 3.63) is 23.9 Å². The minimum atomic E-state index is 0.0273. The van der Waals surface area contributed by atoms with Crippen molar-refractivity contribution in [2.45, 2.75) is 45.4 Å². The van der Waals surface area contributed by atoms with Gasteiger partial charge in [-0.05, 0) is 32.8 Å². The minimum absolute atomic E-state index is 0.0273. The van der Waals surface area contributed by atoms with Gasteiger partial charge in [0.2, 0.25) is 5.88 Å². The zero-order valence-electron chi connectivity index (χ0n) is 11.2. The maximum Gasteiger partial charge on any atom is 0.218 e. The van der Waals surface area contributed by atoms with Gasteiger partial charge in [-0.2, -0.15) is 0 Å². The second-order valence-electron chi connectivity index (χ2n) is 4.71. The highest BCUT2D eigenvalue weighted by atomic mass is 16.5. The number of rotatable bonds is 8. The summed E-state index contributed by atoms with van der Waals surface area (Å²) in [6, 6.07) is 4.70. The summed E-state index contributed by atoms with van der Waals surface area (Å²) in [5.41, 5.74) is 1.12. The molecule has 1 heterocycles. The molecule has 1 atom stereocenters. The number of nitrogens with one attached hydrogen (secondary N) is 1. The van der Waals surface area contributed by atoms with Crippen LogP contribution in [-0.2, 0) is 11.3 Å². The van der Waals surface area contributed by atoms with Gasteiger partial charge in [-0.25, -0.2) is 4.98 Å². The topological polar surface area (TPSA) is 43.4 Å². The van der Waals surface area contributed by atoms with Gasteiger partial charge in [0.05, 0.1) is 6.61 Å². The fourth-order valence-electron chi connectivity index (χ4n) is 1.71. The van der Waals surface area contributed by atoms with E-state index in [2.05, 4.69) is 16.4 Å². The average Bonchev–Trinajstić information content (AvgIpc) is 3.19. The van der Waals surface area contributed by atoms with E-state index in [0.29, 0.717) is 19.3 Å². The summed E-state index contributed by atoms with van der Waals surface area (Å²) in [7, 11) is 0. The monoisotopic (exact) mass is 250 g/mol. The van der Waals surface area contributed by atoms with Gasteiger partial charge >= 0.3 is 0 Å². The summed E-state index contributed by atoms with van der Waals surface area (Å²) in [6.07, 6.45) is 4.37. The van der Waals surface area contributed by atoms with Crippen LogP contribution in [0, 0.1) is 0 Å². The summed E-state index contributed by atoms with van der Waals surface area (Å²) in [5.74, 6) is 0.720. The maximum absolute atomic E-state index is 5.82. The molecule has 1 N–H and O–H groups in total. The van der Waals surface area contributed by atoms with Crippen LogP contribution >= 0.6 is 0 Å². The van der Waals surface area contributed by atoms with Gasteiger partial charge in [-0.3, -0.25) is 0 Å². The van der Waals surface area contributed by atoms with E-state index in [4.69, 9.17) is 9.47 Å². The molecule has 1 aromatic heterocycles. The molecular weight excluding hydrogens is 228 g/mol. The molecule has 4 heteroatoms. The molecule has 0 bridgehead atoms. The van der Waals surface area contributed by atoms with E-state index in [1.54, 1.807) is 6.20 Å². The van der Waals surface area contributed by atoms with Crippen LogP contribution in [-0.4, -0.2) is 30.3 Å². The molecule has 100 valence electrons. The fraction of sp³-hybridized carbons (Fsp3) is 0.643. The number of hydrogen-bond donors (Lipinski definition) is 1. The first-order valence-electron chi connectivity index (χ1n) is 6.71. The molecule has 1 fully saturated rings. The highest BCUT2D eigenvalue weighted by molar-refractivity contribution is 5.25. The third-order valence-corrected chi connectivity index (χ3v) is 2.88. The van der Waals surface area contributed by atoms with Crippen LogP contribution in [0.15, 0.2) is 18.3 Å². The quantitative estimate of drug-likeness (QED) is 0.767. The van der Waals surface area contributed by atoms with E-state index in [0.717, 1.165) is 18.0 Å². The normalized spacial score (nSPS) is 16.6. The van der Waals surface area contributed by atoms with Crippen LogP contribution in [0.5, 0.6) is 5.88 Å². The van der Waals surface area contributed by atoms with Gasteiger partial charge in [0.1, 0.15) is 6.10 Å². The molecule has 0 amide bonds. The first-order chi connectivity index (χ1) is 8.79. The maximum atomic E-state index is 5.82. The van der Waals surface area contributed by atoms with E-state index in [1.807, 2.05) is 19.9 Å². The van der Waals surface area contributed by atoms with Gasteiger partial charge in [0, 0.05) is 31.0 Å². The first kappa shape index (κ1) is 13.3. The standard InChI is InChI=1S/C14H22N2O2/c1-3-17-10-11(2)18-14-12(5-4-8-15-14)9-16-13-6-7-13/h4-5,8,11,13,16H,3,6-7,9-10H2,1-2H3. The van der Waals surface area contributed by atoms with E-state index in [-0.39, 0.29) is 6.10 Å². The molecule has 2 rings (SSSR count). The SMILES string of the molecule is CCOCC(C)Oc1ncccc1CNC1CC1. The van der Waals surface area contributed by atoms with Crippen molar-refractivity contribution in [2.24, 2.45) is 0 Å². The number of hydrogen-bond acceptors (Lipinski definition) is 4. The molecule has 0 spiro atoms. The molecule has 1 aromatic rings. The van der Waals surface area contributed by atoms with Crippen molar-refractivity contribution in [1.29, 1.82) is 0 Å². The van der Waals surface area contributed by atoms with Crippen LogP contribution < -0.4 is 10.1 Å². The summed E-state index contributed by atoms with van der Waals surface area (Å²) >= 11 is 0. The van der Waals surface area contributed by atoms with Crippen LogP contribution in [0.4, 0.5) is 0 Å². The molecule has 1 aliphatic carbocycles. The second-order valence-corrected chi connectivity index (χ2v) is 4.71. The first-order valence-corrected chi connectivity index (χ1v) is 6.71. The Labute approximate surface area is 109 Å². The number of nitrogens with zero attached hydrogens (tertiary/aromatic N) is 1. The predicted molar refractivity (Wildman–Crippen MR) is 70.7 cm³/mol. The van der Waals surface area contributed by atoms with E-state index < -0.39 is 0 Å². The molecule has 1 saturated carbocycles. The Morgan fingerprint density at radius 2 is 2.33 bits per heavy atom. The lowest BCUT2D eigenvalue weighted by atomic mass is 10.2. The molecule has 0 radical (unpaired) electrons. The number of ether oxygens (including phenoxy) is 2. The molecule has 1 aliphatic rings. The van der Waals surface area contributed by atoms with Gasteiger partial charge in [0.15, 0.2) is 0 Å². The highest BCUT2D eigenvalue weighted by Crippen LogP contribution is 2.21. The zero-order chi connectivity index (χ0) is 12.8. The van der Waals surface area contributed by atoms with Crippen molar-refractivity contribution in [2.75, 3.05) is 13.2 Å². The Bertz CT molecular complexity index is 367. The minimum Gasteiger partial charge on any atom is -0.472 e. The fourth-order valence-corrected chi connectivity index (χ4v) is 1.71. The molecular formula is C14H22N2O2. The Kier molecular flexibility index (Phi) is 4.96. The molecule has 18 heavy (non-hydrogen) atoms. The molecule has 0 aromatic carbocycles. The lowest BCUT2D eigenvalue weighted by Gasteiger charge is -2.16. The summed E-state index contributed by atoms with van der Waals surface area (Å²) in [5, 5.41) is 3.48. The summed E-state index contributed by atoms with van der Waals surface area (Å²) in [6.45, 7) is 6.13. The summed E-state index contributed by atoms with van der Waals surface area (Å²) < 4.78 is 11.2. The smallest absolute Gasteiger partial charge is 0.218 e. The van der Waals surface area contributed by atoms with Gasteiger partial charge in [-0.1, -0.05) is 6.07 Å². The van der Waals surface area contributed by atoms with Crippen LogP contribution in [0.25, 0.3) is 0 Å². The van der Waals surface area contributed by atoms with Crippen molar-refractivity contribution >= 4 is 0 Å². The second kappa shape index (κ2) is 6.71. The Hall–Kier alpha value is -1.13. The largest absolute Gasteiger partial charge is 0.472 e. The Morgan fingerprint density at radius 3 is 3.06 bits per heavy atom. The van der Waals surface area contributed by atoms with Crippen LogP contribution in [0.1, 0.15) is 32.3 Å². The van der Waals surface area contributed by atoms with Crippen molar-refractivity contribution in [3.8, 4) is 5.88 Å². The van der Waals surface area contributed by atoms with E-state index >= 15 is 0 Å². The average molecular weight is 250 g/mol. The molecule has 1 unspecified atom stereocenters. The third kappa shape index (κ3) is 4.27. The molecule has 0 saturated heterocycles. The van der Waals surface area contributed by atoms with Gasteiger partial charge < -0.3 is 14.8 Å². The lowest BCUT2D eigenvalue weighted by Crippen LogP contribution is -2.22. The Morgan fingerprint density at radius 1 is 1.50 bits per heavy atom. The third-order valence-electron chi connectivity index (χ3n) is 2.88. The van der Waals surface area contributed by atoms with Crippen molar-refractivity contribution < 1.29 is 9.47 Å². The lowest BCUT2D eigenvalue weighted by molar-refractivity contribution is 0.0627. The van der Waals surface area contributed by atoms with Gasteiger partial charge in [-0.15, -0.1) is 0 Å².